The van der Waals surface area contributed by atoms with E-state index in [1.54, 1.807) is 0 Å². The van der Waals surface area contributed by atoms with Crippen LogP contribution >= 0.6 is 11.6 Å². The van der Waals surface area contributed by atoms with Crippen LogP contribution in [0.5, 0.6) is 0 Å². The van der Waals surface area contributed by atoms with Crippen molar-refractivity contribution < 1.29 is 0 Å². The quantitative estimate of drug-likeness (QED) is 0.920. The number of nitrogens with zero attached hydrogens (tertiary/aromatic N) is 1. The highest BCUT2D eigenvalue weighted by Crippen LogP contribution is 2.20. The van der Waals surface area contributed by atoms with Gasteiger partial charge in [0.2, 0.25) is 0 Å². The molecule has 0 saturated heterocycles. The maximum atomic E-state index is 5.89. The summed E-state index contributed by atoms with van der Waals surface area (Å²) in [6, 6.07) is 14.4. The van der Waals surface area contributed by atoms with E-state index >= 15 is 0 Å². The van der Waals surface area contributed by atoms with Gasteiger partial charge in [-0.3, -0.25) is 0 Å². The van der Waals surface area contributed by atoms with Crippen LogP contribution in [0.4, 0.5) is 5.69 Å². The van der Waals surface area contributed by atoms with Crippen molar-refractivity contribution in [2.24, 2.45) is 5.73 Å². The molecular weight excluding hydrogens is 256 g/mol. The molecule has 0 unspecified atom stereocenters. The Kier molecular flexibility index (Phi) is 4.46. The molecule has 0 atom stereocenters. The minimum absolute atomic E-state index is 0.590. The van der Waals surface area contributed by atoms with E-state index in [0.717, 1.165) is 11.6 Å². The molecule has 0 heterocycles. The van der Waals surface area contributed by atoms with Crippen molar-refractivity contribution in [1.82, 2.24) is 0 Å². The number of nitrogens with two attached hydrogens (primary N) is 1. The molecule has 0 aliphatic rings. The monoisotopic (exact) mass is 274 g/mol. The normalized spacial score (nSPS) is 10.5. The lowest BCUT2D eigenvalue weighted by Gasteiger charge is -2.20. The molecule has 2 nitrogen and oxygen atoms in total. The van der Waals surface area contributed by atoms with Crippen molar-refractivity contribution in [3.63, 3.8) is 0 Å². The first-order chi connectivity index (χ1) is 9.10. The second-order valence-corrected chi connectivity index (χ2v) is 5.23. The molecule has 0 bridgehead atoms. The van der Waals surface area contributed by atoms with Crippen LogP contribution in [0.1, 0.15) is 16.7 Å². The van der Waals surface area contributed by atoms with Crippen molar-refractivity contribution >= 4 is 17.3 Å². The summed E-state index contributed by atoms with van der Waals surface area (Å²) in [5.41, 5.74) is 10.6. The van der Waals surface area contributed by atoms with E-state index in [2.05, 4.69) is 49.2 Å². The van der Waals surface area contributed by atoms with Crippen molar-refractivity contribution in [3.8, 4) is 0 Å². The number of benzene rings is 2. The topological polar surface area (TPSA) is 29.3 Å². The second kappa shape index (κ2) is 6.09. The van der Waals surface area contributed by atoms with Gasteiger partial charge in [-0.15, -0.1) is 0 Å². The van der Waals surface area contributed by atoms with Crippen LogP contribution in [0.15, 0.2) is 42.5 Å². The average molecular weight is 275 g/mol. The molecule has 2 aromatic rings. The van der Waals surface area contributed by atoms with Gasteiger partial charge in [0.25, 0.3) is 0 Å². The second-order valence-electron chi connectivity index (χ2n) is 4.80. The van der Waals surface area contributed by atoms with Crippen molar-refractivity contribution in [1.29, 1.82) is 0 Å². The van der Waals surface area contributed by atoms with E-state index in [0.29, 0.717) is 6.54 Å². The molecule has 0 aliphatic heterocycles. The summed E-state index contributed by atoms with van der Waals surface area (Å²) in [7, 11) is 2.09. The average Bonchev–Trinajstić information content (AvgIpc) is 2.41. The summed E-state index contributed by atoms with van der Waals surface area (Å²) in [6.45, 7) is 3.55. The lowest BCUT2D eigenvalue weighted by Crippen LogP contribution is -2.16. The molecule has 19 heavy (non-hydrogen) atoms. The highest BCUT2D eigenvalue weighted by atomic mass is 35.5. The molecule has 0 radical (unpaired) electrons. The van der Waals surface area contributed by atoms with Gasteiger partial charge >= 0.3 is 0 Å². The molecule has 0 spiro atoms. The predicted molar refractivity (Wildman–Crippen MR) is 82.6 cm³/mol. The minimum atomic E-state index is 0.590. The molecule has 3 heteroatoms. The lowest BCUT2D eigenvalue weighted by atomic mass is 10.1. The zero-order chi connectivity index (χ0) is 13.8. The summed E-state index contributed by atoms with van der Waals surface area (Å²) >= 11 is 5.89. The Morgan fingerprint density at radius 1 is 1.11 bits per heavy atom. The fraction of sp³-hybridized carbons (Fsp3) is 0.250. The summed E-state index contributed by atoms with van der Waals surface area (Å²) in [5.74, 6) is 0. The van der Waals surface area contributed by atoms with Gasteiger partial charge < -0.3 is 10.6 Å². The van der Waals surface area contributed by atoms with Crippen molar-refractivity contribution in [2.45, 2.75) is 20.0 Å². The molecule has 0 amide bonds. The Hall–Kier alpha value is -1.51. The van der Waals surface area contributed by atoms with Gasteiger partial charge in [0.15, 0.2) is 0 Å². The Labute approximate surface area is 119 Å². The van der Waals surface area contributed by atoms with Crippen LogP contribution in [0.25, 0.3) is 0 Å². The fourth-order valence-corrected chi connectivity index (χ4v) is 2.23. The van der Waals surface area contributed by atoms with E-state index < -0.39 is 0 Å². The molecule has 100 valence electrons. The molecule has 0 saturated carbocycles. The standard InChI is InChI=1S/C16H19ClN2/c1-12-9-16(8-5-14(12)10-18)19(2)11-13-3-6-15(17)7-4-13/h3-9H,10-11,18H2,1-2H3. The predicted octanol–water partition coefficient (Wildman–Crippen LogP) is 3.74. The highest BCUT2D eigenvalue weighted by Gasteiger charge is 2.04. The molecular formula is C16H19ClN2. The molecule has 0 fully saturated rings. The third kappa shape index (κ3) is 3.49. The van der Waals surface area contributed by atoms with Gasteiger partial charge in [0.1, 0.15) is 0 Å². The van der Waals surface area contributed by atoms with Gasteiger partial charge in [0, 0.05) is 30.8 Å². The number of hydrogen-bond acceptors (Lipinski definition) is 2. The Morgan fingerprint density at radius 2 is 1.79 bits per heavy atom. The molecule has 2 aromatic carbocycles. The van der Waals surface area contributed by atoms with E-state index in [1.807, 2.05) is 12.1 Å². The zero-order valence-corrected chi connectivity index (χ0v) is 12.1. The molecule has 2 N–H and O–H groups in total. The number of aryl methyl sites for hydroxylation is 1. The molecule has 2 rings (SSSR count). The van der Waals surface area contributed by atoms with E-state index in [-0.39, 0.29) is 0 Å². The fourth-order valence-electron chi connectivity index (χ4n) is 2.10. The van der Waals surface area contributed by atoms with E-state index in [1.165, 1.54) is 22.4 Å². The third-order valence-electron chi connectivity index (χ3n) is 3.32. The minimum Gasteiger partial charge on any atom is -0.370 e. The van der Waals surface area contributed by atoms with Gasteiger partial charge in [0.05, 0.1) is 0 Å². The van der Waals surface area contributed by atoms with Gasteiger partial charge in [-0.1, -0.05) is 29.8 Å². The first-order valence-corrected chi connectivity index (χ1v) is 6.73. The lowest BCUT2D eigenvalue weighted by molar-refractivity contribution is 0.919. The van der Waals surface area contributed by atoms with Gasteiger partial charge in [-0.2, -0.15) is 0 Å². The first-order valence-electron chi connectivity index (χ1n) is 6.35. The van der Waals surface area contributed by atoms with Crippen LogP contribution in [0, 0.1) is 6.92 Å². The maximum absolute atomic E-state index is 5.89. The number of halogens is 1. The summed E-state index contributed by atoms with van der Waals surface area (Å²) in [5, 5.41) is 0.773. The maximum Gasteiger partial charge on any atom is 0.0426 e. The molecule has 0 aromatic heterocycles. The largest absolute Gasteiger partial charge is 0.370 e. The highest BCUT2D eigenvalue weighted by molar-refractivity contribution is 6.30. The van der Waals surface area contributed by atoms with Gasteiger partial charge in [-0.25, -0.2) is 0 Å². The van der Waals surface area contributed by atoms with Gasteiger partial charge in [-0.05, 0) is 47.9 Å². The molecule has 0 aliphatic carbocycles. The van der Waals surface area contributed by atoms with Crippen LogP contribution in [-0.2, 0) is 13.1 Å². The number of rotatable bonds is 4. The van der Waals surface area contributed by atoms with Crippen LogP contribution < -0.4 is 10.6 Å². The van der Waals surface area contributed by atoms with Crippen molar-refractivity contribution in [2.75, 3.05) is 11.9 Å². The number of hydrogen-bond donors (Lipinski definition) is 1. The smallest absolute Gasteiger partial charge is 0.0426 e. The van der Waals surface area contributed by atoms with Crippen LogP contribution in [0.2, 0.25) is 5.02 Å². The van der Waals surface area contributed by atoms with Crippen LogP contribution in [-0.4, -0.2) is 7.05 Å². The zero-order valence-electron chi connectivity index (χ0n) is 11.4. The summed E-state index contributed by atoms with van der Waals surface area (Å²) in [4.78, 5) is 2.22. The SMILES string of the molecule is Cc1cc(N(C)Cc2ccc(Cl)cc2)ccc1CN. The third-order valence-corrected chi connectivity index (χ3v) is 3.57. The summed E-state index contributed by atoms with van der Waals surface area (Å²) in [6.07, 6.45) is 0. The summed E-state index contributed by atoms with van der Waals surface area (Å²) < 4.78 is 0. The first kappa shape index (κ1) is 13.9. The van der Waals surface area contributed by atoms with E-state index in [9.17, 15) is 0 Å². The van der Waals surface area contributed by atoms with E-state index in [4.69, 9.17) is 17.3 Å². The Morgan fingerprint density at radius 3 is 2.37 bits per heavy atom. The van der Waals surface area contributed by atoms with Crippen molar-refractivity contribution in [3.05, 3.63) is 64.2 Å². The van der Waals surface area contributed by atoms with Crippen LogP contribution in [0.3, 0.4) is 0 Å². The Bertz CT molecular complexity index is 549. The Balaban J connectivity index is 2.13. The number of anilines is 1.